The fraction of sp³-hybridized carbons (Fsp3) is 0.222. The second kappa shape index (κ2) is 4.16. The molecule has 4 nitrogen and oxygen atoms in total. The predicted molar refractivity (Wildman–Crippen MR) is 58.9 cm³/mol. The maximum atomic E-state index is 5.85. The van der Waals surface area contributed by atoms with Gasteiger partial charge in [-0.2, -0.15) is 5.10 Å². The van der Waals surface area contributed by atoms with E-state index in [9.17, 15) is 0 Å². The van der Waals surface area contributed by atoms with Gasteiger partial charge < -0.3 is 0 Å². The lowest BCUT2D eigenvalue weighted by Crippen LogP contribution is -1.87. The Kier molecular flexibility index (Phi) is 2.88. The smallest absolute Gasteiger partial charge is 0.199 e. The third-order valence-corrected chi connectivity index (χ3v) is 2.27. The lowest BCUT2D eigenvalue weighted by atomic mass is 10.3. The van der Waals surface area contributed by atoms with Crippen LogP contribution in [0.3, 0.4) is 0 Å². The van der Waals surface area contributed by atoms with Gasteiger partial charge >= 0.3 is 0 Å². The molecule has 6 heteroatoms. The Morgan fingerprint density at radius 3 is 2.73 bits per heavy atom. The summed E-state index contributed by atoms with van der Waals surface area (Å²) >= 11 is 11.6. The Bertz CT molecular complexity index is 449. The summed E-state index contributed by atoms with van der Waals surface area (Å²) in [5, 5.41) is 7.15. The van der Waals surface area contributed by atoms with Gasteiger partial charge in [-0.1, -0.05) is 11.6 Å². The molecule has 15 heavy (non-hydrogen) atoms. The highest BCUT2D eigenvalue weighted by molar-refractivity contribution is 6.30. The summed E-state index contributed by atoms with van der Waals surface area (Å²) < 4.78 is 0. The zero-order valence-corrected chi connectivity index (χ0v) is 9.42. The molecule has 0 aromatic carbocycles. The Labute approximate surface area is 96.7 Å². The molecule has 0 fully saturated rings. The minimum absolute atomic E-state index is 0.196. The molecule has 2 aromatic heterocycles. The van der Waals surface area contributed by atoms with Crippen molar-refractivity contribution < 1.29 is 0 Å². The van der Waals surface area contributed by atoms with E-state index in [1.54, 1.807) is 18.3 Å². The highest BCUT2D eigenvalue weighted by Crippen LogP contribution is 2.19. The summed E-state index contributed by atoms with van der Waals surface area (Å²) in [7, 11) is 0. The van der Waals surface area contributed by atoms with Crippen LogP contribution in [0.15, 0.2) is 18.3 Å². The molecule has 1 unspecified atom stereocenters. The summed E-state index contributed by atoms with van der Waals surface area (Å²) in [5.74, 6) is 1.15. The van der Waals surface area contributed by atoms with Gasteiger partial charge in [0.05, 0.1) is 10.4 Å². The molecule has 2 aromatic rings. The van der Waals surface area contributed by atoms with Crippen LogP contribution in [0.25, 0.3) is 11.5 Å². The number of nitrogens with zero attached hydrogens (tertiary/aromatic N) is 3. The number of hydrogen-bond acceptors (Lipinski definition) is 3. The lowest BCUT2D eigenvalue weighted by molar-refractivity contribution is 0.918. The molecule has 1 N–H and O–H groups in total. The van der Waals surface area contributed by atoms with E-state index in [2.05, 4.69) is 20.2 Å². The van der Waals surface area contributed by atoms with Crippen LogP contribution in [-0.4, -0.2) is 20.2 Å². The monoisotopic (exact) mass is 242 g/mol. The minimum atomic E-state index is -0.196. The predicted octanol–water partition coefficient (Wildman–Crippen LogP) is 2.82. The average Bonchev–Trinajstić information content (AvgIpc) is 2.68. The number of H-pyrrole nitrogens is 1. The number of aromatic nitrogens is 4. The molecule has 0 spiro atoms. The van der Waals surface area contributed by atoms with E-state index < -0.39 is 0 Å². The average molecular weight is 243 g/mol. The Hall–Kier alpha value is -1.13. The Balaban J connectivity index is 2.33. The van der Waals surface area contributed by atoms with Crippen molar-refractivity contribution >= 4 is 23.2 Å². The number of pyridine rings is 1. The molecule has 2 rings (SSSR count). The summed E-state index contributed by atoms with van der Waals surface area (Å²) in [6, 6.07) is 3.50. The molecular weight excluding hydrogens is 235 g/mol. The number of rotatable bonds is 2. The van der Waals surface area contributed by atoms with E-state index in [1.165, 1.54) is 0 Å². The maximum absolute atomic E-state index is 5.85. The van der Waals surface area contributed by atoms with Crippen molar-refractivity contribution in [2.24, 2.45) is 0 Å². The molecular formula is C9H8Cl2N4. The van der Waals surface area contributed by atoms with Crippen molar-refractivity contribution in [3.63, 3.8) is 0 Å². The second-order valence-electron chi connectivity index (χ2n) is 3.02. The standard InChI is InChI=1S/C9H8Cl2N4/c1-5(10)8-13-9(15-14-8)7-3-2-6(11)4-12-7/h2-5H,1H3,(H,13,14,15). The molecule has 0 aliphatic heterocycles. The summed E-state index contributed by atoms with van der Waals surface area (Å²) in [5.41, 5.74) is 0.666. The van der Waals surface area contributed by atoms with Crippen LogP contribution >= 0.6 is 23.2 Å². The third-order valence-electron chi connectivity index (χ3n) is 1.84. The Morgan fingerprint density at radius 2 is 2.20 bits per heavy atom. The molecule has 78 valence electrons. The van der Waals surface area contributed by atoms with Crippen LogP contribution in [-0.2, 0) is 0 Å². The van der Waals surface area contributed by atoms with Gasteiger partial charge in [-0.3, -0.25) is 10.1 Å². The first-order valence-corrected chi connectivity index (χ1v) is 5.16. The van der Waals surface area contributed by atoms with Crippen molar-refractivity contribution in [2.45, 2.75) is 12.3 Å². The first-order valence-electron chi connectivity index (χ1n) is 4.35. The van der Waals surface area contributed by atoms with Crippen LogP contribution in [0.1, 0.15) is 18.1 Å². The van der Waals surface area contributed by atoms with Crippen molar-refractivity contribution in [1.29, 1.82) is 0 Å². The molecule has 0 aliphatic carbocycles. The SMILES string of the molecule is CC(Cl)c1nc(-c2ccc(Cl)cn2)n[nH]1. The Morgan fingerprint density at radius 1 is 1.40 bits per heavy atom. The molecule has 0 aliphatic rings. The van der Waals surface area contributed by atoms with Crippen LogP contribution < -0.4 is 0 Å². The van der Waals surface area contributed by atoms with Crippen molar-refractivity contribution in [3.05, 3.63) is 29.2 Å². The van der Waals surface area contributed by atoms with E-state index in [0.717, 1.165) is 0 Å². The normalized spacial score (nSPS) is 12.7. The maximum Gasteiger partial charge on any atom is 0.199 e. The summed E-state index contributed by atoms with van der Waals surface area (Å²) in [6.07, 6.45) is 1.55. The van der Waals surface area contributed by atoms with Gasteiger partial charge in [0.2, 0.25) is 0 Å². The quantitative estimate of drug-likeness (QED) is 0.825. The van der Waals surface area contributed by atoms with Gasteiger partial charge in [-0.15, -0.1) is 11.6 Å². The zero-order chi connectivity index (χ0) is 10.8. The van der Waals surface area contributed by atoms with Gasteiger partial charge in [-0.05, 0) is 19.1 Å². The molecule has 0 saturated carbocycles. The van der Waals surface area contributed by atoms with E-state index in [1.807, 2.05) is 6.92 Å². The first-order chi connectivity index (χ1) is 7.16. The van der Waals surface area contributed by atoms with Gasteiger partial charge in [0.15, 0.2) is 5.82 Å². The number of nitrogens with one attached hydrogen (secondary N) is 1. The number of aromatic amines is 1. The van der Waals surface area contributed by atoms with Crippen LogP contribution in [0, 0.1) is 0 Å². The first kappa shape index (κ1) is 10.4. The van der Waals surface area contributed by atoms with Crippen LogP contribution in [0.2, 0.25) is 5.02 Å². The van der Waals surface area contributed by atoms with E-state index in [4.69, 9.17) is 23.2 Å². The van der Waals surface area contributed by atoms with E-state index in [0.29, 0.717) is 22.4 Å². The number of hydrogen-bond donors (Lipinski definition) is 1. The third kappa shape index (κ3) is 2.27. The molecule has 0 bridgehead atoms. The van der Waals surface area contributed by atoms with E-state index in [-0.39, 0.29) is 5.38 Å². The minimum Gasteiger partial charge on any atom is -0.261 e. The summed E-state index contributed by atoms with van der Waals surface area (Å²) in [6.45, 7) is 1.82. The highest BCUT2D eigenvalue weighted by Gasteiger charge is 2.10. The fourth-order valence-corrected chi connectivity index (χ4v) is 1.28. The number of alkyl halides is 1. The van der Waals surface area contributed by atoms with E-state index >= 15 is 0 Å². The van der Waals surface area contributed by atoms with Crippen molar-refractivity contribution in [2.75, 3.05) is 0 Å². The van der Waals surface area contributed by atoms with Crippen molar-refractivity contribution in [3.8, 4) is 11.5 Å². The van der Waals surface area contributed by atoms with Gasteiger partial charge in [0.25, 0.3) is 0 Å². The molecule has 1 atom stereocenters. The lowest BCUT2D eigenvalue weighted by Gasteiger charge is -1.94. The molecule has 0 saturated heterocycles. The van der Waals surface area contributed by atoms with Crippen LogP contribution in [0.5, 0.6) is 0 Å². The largest absolute Gasteiger partial charge is 0.261 e. The van der Waals surface area contributed by atoms with Crippen molar-refractivity contribution in [1.82, 2.24) is 20.2 Å². The topological polar surface area (TPSA) is 54.5 Å². The van der Waals surface area contributed by atoms with Crippen LogP contribution in [0.4, 0.5) is 0 Å². The summed E-state index contributed by atoms with van der Waals surface area (Å²) in [4.78, 5) is 8.31. The number of halogens is 2. The van der Waals surface area contributed by atoms with Gasteiger partial charge in [-0.25, -0.2) is 4.98 Å². The molecule has 0 amide bonds. The molecule has 0 radical (unpaired) electrons. The second-order valence-corrected chi connectivity index (χ2v) is 4.11. The van der Waals surface area contributed by atoms with Gasteiger partial charge in [0, 0.05) is 6.20 Å². The van der Waals surface area contributed by atoms with Gasteiger partial charge in [0.1, 0.15) is 11.5 Å². The zero-order valence-electron chi connectivity index (χ0n) is 7.91. The fourth-order valence-electron chi connectivity index (χ4n) is 1.07. The highest BCUT2D eigenvalue weighted by atomic mass is 35.5. The molecule has 2 heterocycles.